The van der Waals surface area contributed by atoms with Crippen LogP contribution in [0.3, 0.4) is 0 Å². The largest absolute Gasteiger partial charge is 0.504 e. The Kier molecular flexibility index (Phi) is 6.61. The highest BCUT2D eigenvalue weighted by atomic mass is 28.4. The van der Waals surface area contributed by atoms with Gasteiger partial charge in [-0.2, -0.15) is 0 Å². The molecule has 1 aromatic carbocycles. The molecule has 4 nitrogen and oxygen atoms in total. The molecule has 0 amide bonds. The molecule has 0 radical (unpaired) electrons. The molecular weight excluding hydrogens is 272 g/mol. The lowest BCUT2D eigenvalue weighted by atomic mass is 10.3. The van der Waals surface area contributed by atoms with Crippen molar-refractivity contribution < 1.29 is 19.0 Å². The van der Waals surface area contributed by atoms with Crippen molar-refractivity contribution in [1.82, 2.24) is 0 Å². The van der Waals surface area contributed by atoms with Gasteiger partial charge in [0.2, 0.25) is 0 Å². The number of phenolic OH excluding ortho intramolecular Hbond substituents is 1. The van der Waals surface area contributed by atoms with Crippen molar-refractivity contribution in [3.63, 3.8) is 0 Å². The maximum atomic E-state index is 9.50. The number of rotatable bonds is 9. The van der Waals surface area contributed by atoms with Crippen molar-refractivity contribution in [2.24, 2.45) is 0 Å². The standard InChI is InChI=1S/C15H24O4Si/c1-5-9-19-20(3,4)11-6-10-18-13-7-8-14(16)15(12-13)17-2/h5,7-8,12,16H,1,6,9-11H2,2-4H3. The normalized spacial score (nSPS) is 11.2. The quantitative estimate of drug-likeness (QED) is 0.430. The summed E-state index contributed by atoms with van der Waals surface area (Å²) in [6.07, 6.45) is 2.73. The fraction of sp³-hybridized carbons (Fsp3) is 0.467. The van der Waals surface area contributed by atoms with Gasteiger partial charge in [-0.05, 0) is 37.7 Å². The maximum absolute atomic E-state index is 9.50. The minimum atomic E-state index is -1.61. The average molecular weight is 296 g/mol. The van der Waals surface area contributed by atoms with Gasteiger partial charge >= 0.3 is 0 Å². The number of aromatic hydroxyl groups is 1. The van der Waals surface area contributed by atoms with E-state index in [9.17, 15) is 5.11 Å². The summed E-state index contributed by atoms with van der Waals surface area (Å²) in [6, 6.07) is 6.02. The fourth-order valence-electron chi connectivity index (χ4n) is 1.79. The Morgan fingerprint density at radius 3 is 2.75 bits per heavy atom. The maximum Gasteiger partial charge on any atom is 0.187 e. The van der Waals surface area contributed by atoms with Crippen LogP contribution in [0.2, 0.25) is 19.1 Å². The second-order valence-corrected chi connectivity index (χ2v) is 9.45. The molecule has 1 rings (SSSR count). The summed E-state index contributed by atoms with van der Waals surface area (Å²) in [5.41, 5.74) is 0. The number of hydrogen-bond acceptors (Lipinski definition) is 4. The molecule has 20 heavy (non-hydrogen) atoms. The van der Waals surface area contributed by atoms with Crippen LogP contribution in [-0.4, -0.2) is 33.7 Å². The fourth-order valence-corrected chi connectivity index (χ4v) is 3.50. The minimum Gasteiger partial charge on any atom is -0.504 e. The Morgan fingerprint density at radius 1 is 1.35 bits per heavy atom. The summed E-state index contributed by atoms with van der Waals surface area (Å²) in [5, 5.41) is 9.50. The van der Waals surface area contributed by atoms with E-state index in [0.29, 0.717) is 24.7 Å². The summed E-state index contributed by atoms with van der Waals surface area (Å²) in [5.74, 6) is 1.24. The highest BCUT2D eigenvalue weighted by Gasteiger charge is 2.21. The van der Waals surface area contributed by atoms with Gasteiger partial charge in [-0.3, -0.25) is 0 Å². The van der Waals surface area contributed by atoms with Crippen molar-refractivity contribution in [3.05, 3.63) is 30.9 Å². The second kappa shape index (κ2) is 7.97. The van der Waals surface area contributed by atoms with Crippen molar-refractivity contribution in [2.45, 2.75) is 25.6 Å². The SMILES string of the molecule is C=CCO[Si](C)(C)CCCOc1ccc(O)c(OC)c1. The first-order valence-corrected chi connectivity index (χ1v) is 9.85. The zero-order valence-electron chi connectivity index (χ0n) is 12.5. The van der Waals surface area contributed by atoms with Gasteiger partial charge in [0, 0.05) is 6.07 Å². The molecule has 112 valence electrons. The van der Waals surface area contributed by atoms with Crippen LogP contribution >= 0.6 is 0 Å². The summed E-state index contributed by atoms with van der Waals surface area (Å²) in [7, 11) is -0.0874. The van der Waals surface area contributed by atoms with E-state index in [-0.39, 0.29) is 5.75 Å². The molecule has 1 aromatic rings. The molecule has 0 spiro atoms. The van der Waals surface area contributed by atoms with Crippen LogP contribution in [0.4, 0.5) is 0 Å². The van der Waals surface area contributed by atoms with Crippen LogP contribution in [-0.2, 0) is 4.43 Å². The lowest BCUT2D eigenvalue weighted by Crippen LogP contribution is -2.30. The van der Waals surface area contributed by atoms with Gasteiger partial charge in [0.05, 0.1) is 20.3 Å². The van der Waals surface area contributed by atoms with Crippen LogP contribution in [0.1, 0.15) is 6.42 Å². The van der Waals surface area contributed by atoms with Crippen LogP contribution in [0.5, 0.6) is 17.2 Å². The average Bonchev–Trinajstić information content (AvgIpc) is 2.43. The predicted octanol–water partition coefficient (Wildman–Crippen LogP) is 3.58. The molecule has 0 saturated heterocycles. The van der Waals surface area contributed by atoms with E-state index < -0.39 is 8.32 Å². The van der Waals surface area contributed by atoms with Gasteiger partial charge in [-0.25, -0.2) is 0 Å². The Labute approximate surface area is 122 Å². The Morgan fingerprint density at radius 2 is 2.10 bits per heavy atom. The number of phenols is 1. The minimum absolute atomic E-state index is 0.117. The van der Waals surface area contributed by atoms with Crippen molar-refractivity contribution in [1.29, 1.82) is 0 Å². The smallest absolute Gasteiger partial charge is 0.187 e. The number of methoxy groups -OCH3 is 1. The first-order valence-electron chi connectivity index (χ1n) is 6.73. The van der Waals surface area contributed by atoms with Gasteiger partial charge in [-0.15, -0.1) is 6.58 Å². The lowest BCUT2D eigenvalue weighted by Gasteiger charge is -2.21. The highest BCUT2D eigenvalue weighted by Crippen LogP contribution is 2.29. The molecule has 0 atom stereocenters. The first kappa shape index (κ1) is 16.6. The van der Waals surface area contributed by atoms with E-state index in [1.54, 1.807) is 24.3 Å². The third-order valence-electron chi connectivity index (χ3n) is 2.94. The second-order valence-electron chi connectivity index (χ2n) is 5.15. The molecule has 0 unspecified atom stereocenters. The van der Waals surface area contributed by atoms with E-state index >= 15 is 0 Å². The summed E-state index contributed by atoms with van der Waals surface area (Å²) >= 11 is 0. The molecule has 0 fully saturated rings. The van der Waals surface area contributed by atoms with Gasteiger partial charge in [0.15, 0.2) is 19.8 Å². The zero-order chi connectivity index (χ0) is 15.0. The first-order chi connectivity index (χ1) is 9.48. The molecule has 0 aliphatic rings. The molecule has 0 aromatic heterocycles. The predicted molar refractivity (Wildman–Crippen MR) is 83.2 cm³/mol. The van der Waals surface area contributed by atoms with Crippen molar-refractivity contribution in [2.75, 3.05) is 20.3 Å². The molecule has 1 N–H and O–H groups in total. The van der Waals surface area contributed by atoms with Crippen LogP contribution < -0.4 is 9.47 Å². The van der Waals surface area contributed by atoms with Crippen LogP contribution in [0, 0.1) is 0 Å². The number of benzene rings is 1. The molecule has 0 bridgehead atoms. The van der Waals surface area contributed by atoms with Crippen molar-refractivity contribution >= 4 is 8.32 Å². The molecule has 0 aliphatic heterocycles. The topological polar surface area (TPSA) is 47.9 Å². The van der Waals surface area contributed by atoms with E-state index in [1.165, 1.54) is 7.11 Å². The molecule has 0 aliphatic carbocycles. The Balaban J connectivity index is 2.35. The van der Waals surface area contributed by atoms with Crippen LogP contribution in [0.15, 0.2) is 30.9 Å². The van der Waals surface area contributed by atoms with Gasteiger partial charge in [0.25, 0.3) is 0 Å². The lowest BCUT2D eigenvalue weighted by molar-refractivity contribution is 0.303. The number of hydrogen-bond donors (Lipinski definition) is 1. The van der Waals surface area contributed by atoms with E-state index in [2.05, 4.69) is 19.7 Å². The molecular formula is C15H24O4Si. The Hall–Kier alpha value is -1.46. The van der Waals surface area contributed by atoms with Gasteiger partial charge < -0.3 is 19.0 Å². The summed E-state index contributed by atoms with van der Waals surface area (Å²) in [4.78, 5) is 0. The summed E-state index contributed by atoms with van der Waals surface area (Å²) < 4.78 is 16.5. The van der Waals surface area contributed by atoms with Crippen LogP contribution in [0.25, 0.3) is 0 Å². The molecule has 0 saturated carbocycles. The molecule has 5 heteroatoms. The van der Waals surface area contributed by atoms with Gasteiger partial charge in [0.1, 0.15) is 5.75 Å². The summed E-state index contributed by atoms with van der Waals surface area (Å²) in [6.45, 7) is 9.30. The number of ether oxygens (including phenoxy) is 2. The zero-order valence-corrected chi connectivity index (χ0v) is 13.5. The van der Waals surface area contributed by atoms with E-state index in [0.717, 1.165) is 12.5 Å². The monoisotopic (exact) mass is 296 g/mol. The van der Waals surface area contributed by atoms with Gasteiger partial charge in [-0.1, -0.05) is 6.08 Å². The van der Waals surface area contributed by atoms with E-state index in [1.807, 2.05) is 0 Å². The highest BCUT2D eigenvalue weighted by molar-refractivity contribution is 6.71. The Bertz CT molecular complexity index is 432. The van der Waals surface area contributed by atoms with E-state index in [4.69, 9.17) is 13.9 Å². The third-order valence-corrected chi connectivity index (χ3v) is 5.44. The third kappa shape index (κ3) is 5.67. The van der Waals surface area contributed by atoms with Crippen molar-refractivity contribution in [3.8, 4) is 17.2 Å². The molecule has 0 heterocycles.